The molecule has 21 heavy (non-hydrogen) atoms. The van der Waals surface area contributed by atoms with Gasteiger partial charge in [0.2, 0.25) is 0 Å². The lowest BCUT2D eigenvalue weighted by molar-refractivity contribution is -0.383. The maximum Gasteiger partial charge on any atom is 0.295 e. The molecule has 3 aromatic rings. The Morgan fingerprint density at radius 1 is 1.05 bits per heavy atom. The number of nitrogens with zero attached hydrogens (tertiary/aromatic N) is 2. The van der Waals surface area contributed by atoms with Crippen LogP contribution in [0.25, 0.3) is 10.9 Å². The van der Waals surface area contributed by atoms with Crippen LogP contribution in [0.2, 0.25) is 0 Å². The molecule has 0 aliphatic rings. The summed E-state index contributed by atoms with van der Waals surface area (Å²) in [5.41, 5.74) is 1.36. The van der Waals surface area contributed by atoms with Gasteiger partial charge in [-0.05, 0) is 17.7 Å². The number of rotatable bonds is 4. The lowest BCUT2D eigenvalue weighted by Crippen LogP contribution is -1.97. The molecule has 0 aliphatic heterocycles. The molecule has 0 bridgehead atoms. The monoisotopic (exact) mass is 280 g/mol. The molecule has 0 amide bonds. The van der Waals surface area contributed by atoms with Gasteiger partial charge in [0.05, 0.1) is 4.92 Å². The SMILES string of the molecule is O=[N+]([O-])c1cccc2c(OCc3ccccc3)ccnc12. The van der Waals surface area contributed by atoms with Crippen LogP contribution in [0.5, 0.6) is 5.75 Å². The molecule has 2 aromatic carbocycles. The number of nitro groups is 1. The Morgan fingerprint density at radius 3 is 2.62 bits per heavy atom. The molecule has 104 valence electrons. The van der Waals surface area contributed by atoms with Gasteiger partial charge >= 0.3 is 0 Å². The van der Waals surface area contributed by atoms with Crippen molar-refractivity contribution in [3.63, 3.8) is 0 Å². The first-order valence-corrected chi connectivity index (χ1v) is 6.44. The highest BCUT2D eigenvalue weighted by atomic mass is 16.6. The highest BCUT2D eigenvalue weighted by Gasteiger charge is 2.14. The fourth-order valence-corrected chi connectivity index (χ4v) is 2.14. The maximum atomic E-state index is 11.0. The van der Waals surface area contributed by atoms with E-state index in [1.807, 2.05) is 30.3 Å². The lowest BCUT2D eigenvalue weighted by Gasteiger charge is -2.09. The van der Waals surface area contributed by atoms with Gasteiger partial charge in [0.25, 0.3) is 5.69 Å². The first-order chi connectivity index (χ1) is 10.3. The molecule has 0 saturated carbocycles. The molecular formula is C16H12N2O3. The van der Waals surface area contributed by atoms with Crippen molar-refractivity contribution in [1.82, 2.24) is 4.98 Å². The van der Waals surface area contributed by atoms with Crippen molar-refractivity contribution < 1.29 is 9.66 Å². The third-order valence-electron chi connectivity index (χ3n) is 3.14. The number of non-ortho nitro benzene ring substituents is 1. The first kappa shape index (κ1) is 13.1. The molecule has 0 aliphatic carbocycles. The molecule has 0 spiro atoms. The summed E-state index contributed by atoms with van der Waals surface area (Å²) in [6.45, 7) is 0.405. The van der Waals surface area contributed by atoms with E-state index in [1.165, 1.54) is 12.3 Å². The Balaban J connectivity index is 1.96. The van der Waals surface area contributed by atoms with E-state index in [9.17, 15) is 10.1 Å². The number of ether oxygens (including phenoxy) is 1. The van der Waals surface area contributed by atoms with Gasteiger partial charge in [0, 0.05) is 17.6 Å². The van der Waals surface area contributed by atoms with Gasteiger partial charge in [-0.15, -0.1) is 0 Å². The van der Waals surface area contributed by atoms with E-state index in [-0.39, 0.29) is 5.69 Å². The van der Waals surface area contributed by atoms with Crippen molar-refractivity contribution in [2.24, 2.45) is 0 Å². The maximum absolute atomic E-state index is 11.0. The van der Waals surface area contributed by atoms with E-state index in [0.29, 0.717) is 23.3 Å². The molecule has 1 aromatic heterocycles. The van der Waals surface area contributed by atoms with Crippen LogP contribution in [0.1, 0.15) is 5.56 Å². The third-order valence-corrected chi connectivity index (χ3v) is 3.14. The summed E-state index contributed by atoms with van der Waals surface area (Å²) in [7, 11) is 0. The largest absolute Gasteiger partial charge is 0.488 e. The summed E-state index contributed by atoms with van der Waals surface area (Å²) < 4.78 is 5.78. The molecule has 0 N–H and O–H groups in total. The predicted molar refractivity (Wildman–Crippen MR) is 79.2 cm³/mol. The number of fused-ring (bicyclic) bond motifs is 1. The second kappa shape index (κ2) is 5.58. The second-order valence-corrected chi connectivity index (χ2v) is 4.51. The molecule has 0 unspecified atom stereocenters. The molecule has 0 radical (unpaired) electrons. The lowest BCUT2D eigenvalue weighted by atomic mass is 10.2. The quantitative estimate of drug-likeness (QED) is 0.539. The first-order valence-electron chi connectivity index (χ1n) is 6.44. The van der Waals surface area contributed by atoms with Crippen LogP contribution in [0.4, 0.5) is 5.69 Å². The average molecular weight is 280 g/mol. The Kier molecular flexibility index (Phi) is 3.47. The van der Waals surface area contributed by atoms with Crippen molar-refractivity contribution in [2.75, 3.05) is 0 Å². The molecule has 5 heteroatoms. The van der Waals surface area contributed by atoms with Crippen LogP contribution in [0.15, 0.2) is 60.8 Å². The average Bonchev–Trinajstić information content (AvgIpc) is 2.53. The van der Waals surface area contributed by atoms with E-state index in [4.69, 9.17) is 4.74 Å². The molecule has 3 rings (SSSR count). The topological polar surface area (TPSA) is 65.3 Å². The standard InChI is InChI=1S/C16H12N2O3/c19-18(20)14-8-4-7-13-15(9-10-17-16(13)14)21-11-12-5-2-1-3-6-12/h1-10H,11H2. The van der Waals surface area contributed by atoms with Gasteiger partial charge in [-0.25, -0.2) is 4.98 Å². The molecule has 0 atom stereocenters. The van der Waals surface area contributed by atoms with Crippen LogP contribution in [0.3, 0.4) is 0 Å². The van der Waals surface area contributed by atoms with Crippen LogP contribution in [-0.2, 0) is 6.61 Å². The van der Waals surface area contributed by atoms with Crippen molar-refractivity contribution in [3.8, 4) is 5.75 Å². The van der Waals surface area contributed by atoms with Gasteiger partial charge in [-0.3, -0.25) is 10.1 Å². The van der Waals surface area contributed by atoms with Gasteiger partial charge in [0.1, 0.15) is 12.4 Å². The molecular weight excluding hydrogens is 268 g/mol. The number of aromatic nitrogens is 1. The minimum atomic E-state index is -0.434. The summed E-state index contributed by atoms with van der Waals surface area (Å²) in [4.78, 5) is 14.7. The van der Waals surface area contributed by atoms with Crippen molar-refractivity contribution in [3.05, 3.63) is 76.5 Å². The Hall–Kier alpha value is -2.95. The molecule has 0 fully saturated rings. The van der Waals surface area contributed by atoms with Gasteiger partial charge < -0.3 is 4.74 Å². The van der Waals surface area contributed by atoms with E-state index in [0.717, 1.165) is 5.56 Å². The van der Waals surface area contributed by atoms with Crippen molar-refractivity contribution in [1.29, 1.82) is 0 Å². The molecule has 1 heterocycles. The van der Waals surface area contributed by atoms with Crippen molar-refractivity contribution in [2.45, 2.75) is 6.61 Å². The summed E-state index contributed by atoms with van der Waals surface area (Å²) in [5, 5.41) is 11.7. The van der Waals surface area contributed by atoms with Gasteiger partial charge in [-0.1, -0.05) is 36.4 Å². The van der Waals surface area contributed by atoms with Crippen LogP contribution in [-0.4, -0.2) is 9.91 Å². The van der Waals surface area contributed by atoms with Crippen molar-refractivity contribution >= 4 is 16.6 Å². The summed E-state index contributed by atoms with van der Waals surface area (Å²) >= 11 is 0. The Morgan fingerprint density at radius 2 is 1.86 bits per heavy atom. The fourth-order valence-electron chi connectivity index (χ4n) is 2.14. The smallest absolute Gasteiger partial charge is 0.295 e. The van der Waals surface area contributed by atoms with Gasteiger partial charge in [0.15, 0.2) is 5.52 Å². The van der Waals surface area contributed by atoms with Crippen LogP contribution < -0.4 is 4.74 Å². The normalized spacial score (nSPS) is 10.5. The molecule has 5 nitrogen and oxygen atoms in total. The Labute approximate surface area is 121 Å². The summed E-state index contributed by atoms with van der Waals surface area (Å²) in [6, 6.07) is 16.3. The van der Waals surface area contributed by atoms with E-state index in [1.54, 1.807) is 18.2 Å². The van der Waals surface area contributed by atoms with Crippen LogP contribution in [0, 0.1) is 10.1 Å². The number of hydrogen-bond donors (Lipinski definition) is 0. The van der Waals surface area contributed by atoms with Crippen LogP contribution >= 0.6 is 0 Å². The van der Waals surface area contributed by atoms with E-state index in [2.05, 4.69) is 4.98 Å². The second-order valence-electron chi connectivity index (χ2n) is 4.51. The van der Waals surface area contributed by atoms with E-state index < -0.39 is 4.92 Å². The minimum absolute atomic E-state index is 0.0161. The van der Waals surface area contributed by atoms with Gasteiger partial charge in [-0.2, -0.15) is 0 Å². The zero-order valence-corrected chi connectivity index (χ0v) is 11.1. The fraction of sp³-hybridized carbons (Fsp3) is 0.0625. The predicted octanol–water partition coefficient (Wildman–Crippen LogP) is 3.72. The number of benzene rings is 2. The minimum Gasteiger partial charge on any atom is -0.488 e. The number of para-hydroxylation sites is 1. The zero-order chi connectivity index (χ0) is 14.7. The molecule has 0 saturated heterocycles. The Bertz CT molecular complexity index is 788. The highest BCUT2D eigenvalue weighted by molar-refractivity contribution is 5.91. The summed E-state index contributed by atoms with van der Waals surface area (Å²) in [5.74, 6) is 0.590. The third kappa shape index (κ3) is 2.67. The van der Waals surface area contributed by atoms with E-state index >= 15 is 0 Å². The zero-order valence-electron chi connectivity index (χ0n) is 11.1. The highest BCUT2D eigenvalue weighted by Crippen LogP contribution is 2.30. The summed E-state index contributed by atoms with van der Waals surface area (Å²) in [6.07, 6.45) is 1.52. The number of pyridine rings is 1. The number of hydrogen-bond acceptors (Lipinski definition) is 4. The number of nitro benzene ring substituents is 1.